The number of halogens is 1. The summed E-state index contributed by atoms with van der Waals surface area (Å²) in [5.74, 6) is 0.323. The van der Waals surface area contributed by atoms with Crippen LogP contribution in [0.5, 0.6) is 0 Å². The van der Waals surface area contributed by atoms with Crippen LogP contribution in [0.15, 0.2) is 28.8 Å². The molecule has 4 nitrogen and oxygen atoms in total. The van der Waals surface area contributed by atoms with E-state index in [9.17, 15) is 4.39 Å². The normalized spacial score (nSPS) is 11.8. The van der Waals surface area contributed by atoms with E-state index in [-0.39, 0.29) is 11.7 Å². The first-order valence-electron chi connectivity index (χ1n) is 4.86. The molecule has 1 heterocycles. The van der Waals surface area contributed by atoms with Crippen molar-refractivity contribution in [2.75, 3.05) is 0 Å². The lowest BCUT2D eigenvalue weighted by Crippen LogP contribution is -2.30. The molecule has 1 aromatic carbocycles. The monoisotopic (exact) mass is 221 g/mol. The van der Waals surface area contributed by atoms with Crippen molar-refractivity contribution >= 4 is 0 Å². The van der Waals surface area contributed by atoms with Crippen molar-refractivity contribution in [3.05, 3.63) is 35.9 Å². The van der Waals surface area contributed by atoms with Gasteiger partial charge in [-0.25, -0.2) is 4.39 Å². The molecule has 0 radical (unpaired) electrons. The number of benzene rings is 1. The van der Waals surface area contributed by atoms with Gasteiger partial charge in [-0.1, -0.05) is 11.2 Å². The third-order valence-corrected chi connectivity index (χ3v) is 2.07. The number of hydrogen-bond acceptors (Lipinski definition) is 4. The van der Waals surface area contributed by atoms with Gasteiger partial charge in [0.1, 0.15) is 5.82 Å². The minimum atomic E-state index is -0.672. The Kier molecular flexibility index (Phi) is 2.47. The summed E-state index contributed by atoms with van der Waals surface area (Å²) in [6, 6.07) is 5.97. The van der Waals surface area contributed by atoms with Crippen LogP contribution in [0, 0.1) is 5.82 Å². The third kappa shape index (κ3) is 2.09. The van der Waals surface area contributed by atoms with Crippen LogP contribution in [0.3, 0.4) is 0 Å². The number of hydrogen-bond donors (Lipinski definition) is 1. The number of aromatic nitrogens is 2. The Balaban J connectivity index is 2.39. The van der Waals surface area contributed by atoms with Gasteiger partial charge in [0.15, 0.2) is 5.82 Å². The molecule has 2 rings (SSSR count). The van der Waals surface area contributed by atoms with Crippen molar-refractivity contribution < 1.29 is 8.91 Å². The highest BCUT2D eigenvalue weighted by atomic mass is 19.1. The molecule has 0 spiro atoms. The van der Waals surface area contributed by atoms with Gasteiger partial charge in [0.05, 0.1) is 5.54 Å². The fourth-order valence-corrected chi connectivity index (χ4v) is 1.22. The van der Waals surface area contributed by atoms with Crippen LogP contribution >= 0.6 is 0 Å². The molecule has 84 valence electrons. The Bertz CT molecular complexity index is 502. The van der Waals surface area contributed by atoms with E-state index in [0.29, 0.717) is 11.4 Å². The molecule has 0 saturated carbocycles. The zero-order valence-corrected chi connectivity index (χ0v) is 9.07. The van der Waals surface area contributed by atoms with Crippen molar-refractivity contribution in [1.29, 1.82) is 0 Å². The number of nitrogens with zero attached hydrogens (tertiary/aromatic N) is 2. The van der Waals surface area contributed by atoms with E-state index in [1.54, 1.807) is 26.0 Å². The quantitative estimate of drug-likeness (QED) is 0.843. The summed E-state index contributed by atoms with van der Waals surface area (Å²) in [4.78, 5) is 4.12. The largest absolute Gasteiger partial charge is 0.334 e. The van der Waals surface area contributed by atoms with E-state index in [4.69, 9.17) is 10.3 Å². The van der Waals surface area contributed by atoms with Crippen molar-refractivity contribution in [2.24, 2.45) is 5.73 Å². The molecule has 0 aliphatic heterocycles. The third-order valence-electron chi connectivity index (χ3n) is 2.07. The number of nitrogens with two attached hydrogens (primary N) is 1. The second-order valence-electron chi connectivity index (χ2n) is 4.16. The lowest BCUT2D eigenvalue weighted by atomic mass is 10.1. The molecule has 0 saturated heterocycles. The molecule has 5 heteroatoms. The number of rotatable bonds is 2. The van der Waals surface area contributed by atoms with E-state index in [2.05, 4.69) is 10.1 Å². The van der Waals surface area contributed by atoms with Crippen LogP contribution < -0.4 is 5.73 Å². The molecule has 2 aromatic rings. The average Bonchev–Trinajstić information content (AvgIpc) is 2.65. The fourth-order valence-electron chi connectivity index (χ4n) is 1.22. The highest BCUT2D eigenvalue weighted by molar-refractivity contribution is 5.52. The van der Waals surface area contributed by atoms with Crippen LogP contribution in [0.4, 0.5) is 4.39 Å². The molecule has 0 aliphatic carbocycles. The molecular weight excluding hydrogens is 209 g/mol. The summed E-state index contributed by atoms with van der Waals surface area (Å²) in [7, 11) is 0. The Morgan fingerprint density at radius 2 is 2.12 bits per heavy atom. The maximum atomic E-state index is 13.0. The van der Waals surface area contributed by atoms with Crippen LogP contribution in [0.25, 0.3) is 11.5 Å². The van der Waals surface area contributed by atoms with Gasteiger partial charge in [0, 0.05) is 5.56 Å². The van der Waals surface area contributed by atoms with Gasteiger partial charge in [-0.05, 0) is 32.0 Å². The summed E-state index contributed by atoms with van der Waals surface area (Å²) >= 11 is 0. The van der Waals surface area contributed by atoms with Gasteiger partial charge in [0.2, 0.25) is 0 Å². The van der Waals surface area contributed by atoms with Crippen LogP contribution in [-0.2, 0) is 5.54 Å². The first-order chi connectivity index (χ1) is 7.47. The summed E-state index contributed by atoms with van der Waals surface area (Å²) < 4.78 is 18.0. The van der Waals surface area contributed by atoms with Crippen molar-refractivity contribution in [3.8, 4) is 11.5 Å². The van der Waals surface area contributed by atoms with Crippen molar-refractivity contribution in [1.82, 2.24) is 10.1 Å². The Morgan fingerprint density at radius 1 is 1.38 bits per heavy atom. The maximum absolute atomic E-state index is 13.0. The van der Waals surface area contributed by atoms with Crippen LogP contribution in [0.2, 0.25) is 0 Å². The van der Waals surface area contributed by atoms with E-state index in [1.165, 1.54) is 12.1 Å². The molecule has 0 atom stereocenters. The average molecular weight is 221 g/mol. The molecule has 2 N–H and O–H groups in total. The summed E-state index contributed by atoms with van der Waals surface area (Å²) in [5.41, 5.74) is 5.69. The molecule has 0 unspecified atom stereocenters. The first-order valence-corrected chi connectivity index (χ1v) is 4.86. The van der Waals surface area contributed by atoms with Crippen molar-refractivity contribution in [2.45, 2.75) is 19.4 Å². The first kappa shape index (κ1) is 10.8. The van der Waals surface area contributed by atoms with Crippen molar-refractivity contribution in [3.63, 3.8) is 0 Å². The molecule has 0 bridgehead atoms. The van der Waals surface area contributed by atoms with E-state index >= 15 is 0 Å². The van der Waals surface area contributed by atoms with Gasteiger partial charge in [-0.15, -0.1) is 0 Å². The zero-order chi connectivity index (χ0) is 11.8. The highest BCUT2D eigenvalue weighted by Crippen LogP contribution is 2.21. The molecular formula is C11H12FN3O. The van der Waals surface area contributed by atoms with Crippen LogP contribution in [-0.4, -0.2) is 10.1 Å². The Morgan fingerprint density at radius 3 is 2.69 bits per heavy atom. The van der Waals surface area contributed by atoms with Crippen LogP contribution in [0.1, 0.15) is 19.7 Å². The Labute approximate surface area is 92.3 Å². The molecule has 0 fully saturated rings. The highest BCUT2D eigenvalue weighted by Gasteiger charge is 2.21. The zero-order valence-electron chi connectivity index (χ0n) is 9.07. The minimum absolute atomic E-state index is 0.271. The maximum Gasteiger partial charge on any atom is 0.258 e. The van der Waals surface area contributed by atoms with Gasteiger partial charge >= 0.3 is 0 Å². The lowest BCUT2D eigenvalue weighted by Gasteiger charge is -2.11. The standard InChI is InChI=1S/C11H12FN3O/c1-11(2,13)10-14-9(16-15-10)7-4-3-5-8(12)6-7/h3-6H,13H2,1-2H3. The van der Waals surface area contributed by atoms with Gasteiger partial charge in [0.25, 0.3) is 5.89 Å². The van der Waals surface area contributed by atoms with E-state index in [1.807, 2.05) is 0 Å². The minimum Gasteiger partial charge on any atom is -0.334 e. The topological polar surface area (TPSA) is 64.9 Å². The summed E-state index contributed by atoms with van der Waals surface area (Å²) in [6.45, 7) is 3.54. The second kappa shape index (κ2) is 3.68. The second-order valence-corrected chi connectivity index (χ2v) is 4.16. The van der Waals surface area contributed by atoms with Gasteiger partial charge in [-0.2, -0.15) is 4.98 Å². The molecule has 0 aliphatic rings. The molecule has 1 aromatic heterocycles. The fraction of sp³-hybridized carbons (Fsp3) is 0.273. The SMILES string of the molecule is CC(C)(N)c1noc(-c2cccc(F)c2)n1. The predicted octanol–water partition coefficient (Wildman–Crippen LogP) is 2.07. The lowest BCUT2D eigenvalue weighted by molar-refractivity contribution is 0.397. The smallest absolute Gasteiger partial charge is 0.258 e. The van der Waals surface area contributed by atoms with Gasteiger partial charge < -0.3 is 10.3 Å². The van der Waals surface area contributed by atoms with E-state index < -0.39 is 5.54 Å². The molecule has 0 amide bonds. The Hall–Kier alpha value is -1.75. The predicted molar refractivity (Wildman–Crippen MR) is 56.9 cm³/mol. The van der Waals surface area contributed by atoms with Gasteiger partial charge in [-0.3, -0.25) is 0 Å². The molecule has 16 heavy (non-hydrogen) atoms. The summed E-state index contributed by atoms with van der Waals surface area (Å²) in [6.07, 6.45) is 0. The van der Waals surface area contributed by atoms with E-state index in [0.717, 1.165) is 0 Å². The summed E-state index contributed by atoms with van der Waals surface area (Å²) in [5, 5.41) is 3.76.